The summed E-state index contributed by atoms with van der Waals surface area (Å²) in [5.41, 5.74) is 18.6. The molecule has 1 aromatic heterocycles. The predicted octanol–water partition coefficient (Wildman–Crippen LogP) is 15.9. The molecule has 0 radical (unpaired) electrons. The van der Waals surface area contributed by atoms with Crippen LogP contribution in [-0.4, -0.2) is 15.0 Å². The smallest absolute Gasteiger partial charge is 0.164 e. The van der Waals surface area contributed by atoms with Gasteiger partial charge >= 0.3 is 0 Å². The third kappa shape index (κ3) is 6.66. The second-order valence-electron chi connectivity index (χ2n) is 16.6. The fourth-order valence-electron chi connectivity index (χ4n) is 9.78. The zero-order chi connectivity index (χ0) is 44.0. The molecule has 10 aromatic carbocycles. The second-order valence-corrected chi connectivity index (χ2v) is 16.6. The minimum atomic E-state index is 0.544. The van der Waals surface area contributed by atoms with E-state index in [-0.39, 0.29) is 0 Å². The van der Waals surface area contributed by atoms with Gasteiger partial charge in [0.1, 0.15) is 0 Å². The number of nitriles is 1. The van der Waals surface area contributed by atoms with Gasteiger partial charge in [0.15, 0.2) is 17.5 Å². The molecule has 0 atom stereocenters. The molecule has 12 rings (SSSR count). The standard InChI is InChI=1S/C62H38N4/c63-39-47-27-15-33-51(50-29-8-10-31-55(50)62-65-60(42-19-5-2-6-20-42)64-61(66-62)54-30-9-7-28-48(54)40-17-3-1-4-18-40)57(47)46-26-12-24-44(38-46)43-23-11-25-45(37-43)49-32-16-35-53-52-34-13-21-41-22-14-36-56(58(41)52)59(49)53/h1-38H. The van der Waals surface area contributed by atoms with Crippen LogP contribution >= 0.6 is 0 Å². The van der Waals surface area contributed by atoms with Crippen molar-refractivity contribution in [1.82, 2.24) is 15.0 Å². The van der Waals surface area contributed by atoms with Gasteiger partial charge in [0.25, 0.3) is 0 Å². The van der Waals surface area contributed by atoms with E-state index in [9.17, 15) is 5.26 Å². The van der Waals surface area contributed by atoms with Gasteiger partial charge in [0.05, 0.1) is 11.6 Å². The van der Waals surface area contributed by atoms with Crippen molar-refractivity contribution < 1.29 is 0 Å². The molecule has 4 heteroatoms. The van der Waals surface area contributed by atoms with E-state index in [1.807, 2.05) is 84.9 Å². The van der Waals surface area contributed by atoms with Gasteiger partial charge < -0.3 is 0 Å². The molecule has 0 bridgehead atoms. The molecule has 1 aliphatic carbocycles. The Morgan fingerprint density at radius 3 is 1.41 bits per heavy atom. The molecule has 0 fully saturated rings. The summed E-state index contributed by atoms with van der Waals surface area (Å²) in [5, 5.41) is 13.3. The Bertz CT molecular complexity index is 3710. The highest BCUT2D eigenvalue weighted by Gasteiger charge is 2.25. The van der Waals surface area contributed by atoms with Gasteiger partial charge in [-0.2, -0.15) is 5.26 Å². The van der Waals surface area contributed by atoms with Crippen molar-refractivity contribution in [3.63, 3.8) is 0 Å². The summed E-state index contributed by atoms with van der Waals surface area (Å²) in [5.74, 6) is 1.70. The molecule has 66 heavy (non-hydrogen) atoms. The van der Waals surface area contributed by atoms with Crippen LogP contribution in [0.3, 0.4) is 0 Å². The largest absolute Gasteiger partial charge is 0.208 e. The first-order chi connectivity index (χ1) is 32.7. The SMILES string of the molecule is N#Cc1cccc(-c2ccccc2-c2nc(-c3ccccc3)nc(-c3ccccc3-c3ccccc3)n2)c1-c1cccc(-c2cccc(-c3cccc4c3-c3cccc5cccc-4c35)c2)c1. The van der Waals surface area contributed by atoms with Crippen LogP contribution in [0.1, 0.15) is 5.56 Å². The Kier molecular flexibility index (Phi) is 9.51. The van der Waals surface area contributed by atoms with Crippen LogP contribution in [0.25, 0.3) is 123 Å². The van der Waals surface area contributed by atoms with E-state index < -0.39 is 0 Å². The van der Waals surface area contributed by atoms with Crippen LogP contribution in [0.4, 0.5) is 0 Å². The molecule has 1 aliphatic rings. The maximum atomic E-state index is 10.7. The maximum Gasteiger partial charge on any atom is 0.164 e. The minimum Gasteiger partial charge on any atom is -0.208 e. The van der Waals surface area contributed by atoms with Crippen LogP contribution in [0, 0.1) is 11.3 Å². The van der Waals surface area contributed by atoms with Crippen LogP contribution in [0.15, 0.2) is 231 Å². The summed E-state index contributed by atoms with van der Waals surface area (Å²) in [7, 11) is 0. The molecule has 0 N–H and O–H groups in total. The zero-order valence-corrected chi connectivity index (χ0v) is 35.7. The van der Waals surface area contributed by atoms with E-state index in [1.54, 1.807) is 0 Å². The molecule has 0 spiro atoms. The minimum absolute atomic E-state index is 0.544. The molecule has 0 amide bonds. The van der Waals surface area contributed by atoms with E-state index in [0.717, 1.165) is 66.8 Å². The Balaban J connectivity index is 0.980. The molecule has 306 valence electrons. The molecule has 1 heterocycles. The van der Waals surface area contributed by atoms with Crippen molar-refractivity contribution >= 4 is 10.8 Å². The molecular weight excluding hydrogens is 801 g/mol. The third-order valence-electron chi connectivity index (χ3n) is 12.8. The average molecular weight is 839 g/mol. The van der Waals surface area contributed by atoms with E-state index in [4.69, 9.17) is 15.0 Å². The lowest BCUT2D eigenvalue weighted by Gasteiger charge is -2.17. The summed E-state index contributed by atoms with van der Waals surface area (Å²) in [6, 6.07) is 82.6. The normalized spacial score (nSPS) is 11.3. The summed E-state index contributed by atoms with van der Waals surface area (Å²) in [6.07, 6.45) is 0. The molecule has 4 nitrogen and oxygen atoms in total. The van der Waals surface area contributed by atoms with E-state index in [2.05, 4.69) is 152 Å². The van der Waals surface area contributed by atoms with Gasteiger partial charge in [-0.05, 0) is 101 Å². The summed E-state index contributed by atoms with van der Waals surface area (Å²) in [4.78, 5) is 15.6. The lowest BCUT2D eigenvalue weighted by molar-refractivity contribution is 1.07. The Morgan fingerprint density at radius 2 is 0.712 bits per heavy atom. The number of hydrogen-bond donors (Lipinski definition) is 0. The number of benzene rings is 10. The van der Waals surface area contributed by atoms with E-state index in [0.29, 0.717) is 23.0 Å². The summed E-state index contributed by atoms with van der Waals surface area (Å²) in [6.45, 7) is 0. The van der Waals surface area contributed by atoms with Gasteiger partial charge in [0.2, 0.25) is 0 Å². The highest BCUT2D eigenvalue weighted by Crippen LogP contribution is 2.51. The number of nitrogens with zero attached hydrogens (tertiary/aromatic N) is 4. The van der Waals surface area contributed by atoms with Crippen LogP contribution < -0.4 is 0 Å². The number of hydrogen-bond acceptors (Lipinski definition) is 4. The highest BCUT2D eigenvalue weighted by molar-refractivity contribution is 6.18. The highest BCUT2D eigenvalue weighted by atomic mass is 15.0. The Hall–Kier alpha value is -9.04. The predicted molar refractivity (Wildman–Crippen MR) is 270 cm³/mol. The van der Waals surface area contributed by atoms with E-state index >= 15 is 0 Å². The fourth-order valence-corrected chi connectivity index (χ4v) is 9.78. The Morgan fingerprint density at radius 1 is 0.273 bits per heavy atom. The van der Waals surface area contributed by atoms with Crippen molar-refractivity contribution in [1.29, 1.82) is 5.26 Å². The average Bonchev–Trinajstić information content (AvgIpc) is 3.73. The van der Waals surface area contributed by atoms with Gasteiger partial charge in [-0.15, -0.1) is 0 Å². The number of aromatic nitrogens is 3. The van der Waals surface area contributed by atoms with Crippen molar-refractivity contribution in [3.05, 3.63) is 236 Å². The van der Waals surface area contributed by atoms with Crippen molar-refractivity contribution in [3.8, 4) is 118 Å². The monoisotopic (exact) mass is 838 g/mol. The number of fused-ring (bicyclic) bond motifs is 3. The van der Waals surface area contributed by atoms with Crippen molar-refractivity contribution in [2.75, 3.05) is 0 Å². The second kappa shape index (κ2) is 16.3. The number of rotatable bonds is 8. The summed E-state index contributed by atoms with van der Waals surface area (Å²) >= 11 is 0. The first-order valence-electron chi connectivity index (χ1n) is 22.2. The molecule has 0 saturated carbocycles. The molecule has 0 aliphatic heterocycles. The fraction of sp³-hybridized carbons (Fsp3) is 0. The van der Waals surface area contributed by atoms with Gasteiger partial charge in [0, 0.05) is 22.3 Å². The topological polar surface area (TPSA) is 62.5 Å². The van der Waals surface area contributed by atoms with Crippen LogP contribution in [0.2, 0.25) is 0 Å². The van der Waals surface area contributed by atoms with Crippen LogP contribution in [-0.2, 0) is 0 Å². The first kappa shape index (κ1) is 38.6. The maximum absolute atomic E-state index is 10.7. The lowest BCUT2D eigenvalue weighted by Crippen LogP contribution is -2.02. The van der Waals surface area contributed by atoms with Gasteiger partial charge in [-0.3, -0.25) is 0 Å². The first-order valence-corrected chi connectivity index (χ1v) is 22.2. The Labute approximate surface area is 383 Å². The quantitative estimate of drug-likeness (QED) is 0.153. The third-order valence-corrected chi connectivity index (χ3v) is 12.8. The van der Waals surface area contributed by atoms with E-state index in [1.165, 1.54) is 38.6 Å². The molecular formula is C62H38N4. The summed E-state index contributed by atoms with van der Waals surface area (Å²) < 4.78 is 0. The van der Waals surface area contributed by atoms with Gasteiger partial charge in [-0.25, -0.2) is 15.0 Å². The van der Waals surface area contributed by atoms with Gasteiger partial charge in [-0.1, -0.05) is 212 Å². The van der Waals surface area contributed by atoms with Crippen LogP contribution in [0.5, 0.6) is 0 Å². The van der Waals surface area contributed by atoms with Crippen molar-refractivity contribution in [2.45, 2.75) is 0 Å². The van der Waals surface area contributed by atoms with Crippen molar-refractivity contribution in [2.24, 2.45) is 0 Å². The molecule has 11 aromatic rings. The lowest BCUT2D eigenvalue weighted by atomic mass is 9.87. The molecule has 0 unspecified atom stereocenters. The zero-order valence-electron chi connectivity index (χ0n) is 35.7. The molecule has 0 saturated heterocycles.